The van der Waals surface area contributed by atoms with Gasteiger partial charge in [-0.3, -0.25) is 0 Å². The molecule has 4 aromatic carbocycles. The molecule has 6 rings (SSSR count). The first kappa shape index (κ1) is 35.7. The summed E-state index contributed by atoms with van der Waals surface area (Å²) in [5.41, 5.74) is 6.13. The van der Waals surface area contributed by atoms with Gasteiger partial charge in [0.15, 0.2) is 0 Å². The predicted molar refractivity (Wildman–Crippen MR) is 194 cm³/mol. The monoisotopic (exact) mass is 716 g/mol. The van der Waals surface area contributed by atoms with Crippen molar-refractivity contribution in [2.45, 2.75) is 50.7 Å². The van der Waals surface area contributed by atoms with Crippen molar-refractivity contribution in [3.63, 3.8) is 0 Å². The summed E-state index contributed by atoms with van der Waals surface area (Å²) in [6, 6.07) is 25.1. The van der Waals surface area contributed by atoms with Gasteiger partial charge in [0.2, 0.25) is 0 Å². The molecule has 0 bridgehead atoms. The van der Waals surface area contributed by atoms with E-state index in [0.717, 1.165) is 49.7 Å². The van der Waals surface area contributed by atoms with Crippen LogP contribution in [0.2, 0.25) is 10.0 Å². The summed E-state index contributed by atoms with van der Waals surface area (Å²) in [4.78, 5) is 26.6. The first-order valence-corrected chi connectivity index (χ1v) is 17.9. The zero-order valence-electron chi connectivity index (χ0n) is 27.7. The van der Waals surface area contributed by atoms with Gasteiger partial charge in [0.25, 0.3) is 0 Å². The van der Waals surface area contributed by atoms with Crippen LogP contribution < -0.4 is 10.6 Å². The van der Waals surface area contributed by atoms with Crippen molar-refractivity contribution in [1.82, 2.24) is 10.6 Å². The van der Waals surface area contributed by atoms with Crippen LogP contribution in [0, 0.1) is 11.8 Å². The number of hydrogen-bond acceptors (Lipinski definition) is 8. The lowest BCUT2D eigenvalue weighted by atomic mass is 9.84. The second-order valence-corrected chi connectivity index (χ2v) is 14.2. The molecule has 0 radical (unpaired) electrons. The number of benzene rings is 4. The van der Waals surface area contributed by atoms with Crippen LogP contribution in [0.1, 0.15) is 58.4 Å². The Balaban J connectivity index is 1.07. The molecule has 0 amide bonds. The van der Waals surface area contributed by atoms with Gasteiger partial charge in [0, 0.05) is 23.1 Å². The third-order valence-electron chi connectivity index (χ3n) is 9.67. The Morgan fingerprint density at radius 1 is 0.640 bits per heavy atom. The van der Waals surface area contributed by atoms with Crippen LogP contribution >= 0.6 is 23.2 Å². The molecule has 2 aliphatic carbocycles. The molecule has 4 atom stereocenters. The third kappa shape index (κ3) is 9.58. The number of phenols is 2. The van der Waals surface area contributed by atoms with Crippen LogP contribution in [0.3, 0.4) is 0 Å². The molecule has 262 valence electrons. The highest BCUT2D eigenvalue weighted by atomic mass is 35.5. The SMILES string of the molecule is O=C(OC(CNCC1CCc2ccc(O)cc2C1)c1cccc(Cl)c1)C(=O)OC(CNCC1CCc2ccc(O)cc2C1)c1cccc(Cl)c1. The molecule has 0 heterocycles. The summed E-state index contributed by atoms with van der Waals surface area (Å²) in [7, 11) is 0. The largest absolute Gasteiger partial charge is 0.508 e. The van der Waals surface area contributed by atoms with E-state index in [1.807, 2.05) is 24.3 Å². The Morgan fingerprint density at radius 3 is 1.50 bits per heavy atom. The van der Waals surface area contributed by atoms with Gasteiger partial charge in [-0.05, 0) is 145 Å². The number of carbonyl (C=O) groups is 2. The van der Waals surface area contributed by atoms with E-state index in [2.05, 4.69) is 10.6 Å². The molecule has 50 heavy (non-hydrogen) atoms. The van der Waals surface area contributed by atoms with Crippen molar-refractivity contribution in [3.8, 4) is 11.5 Å². The van der Waals surface area contributed by atoms with Gasteiger partial charge in [-0.1, -0.05) is 59.6 Å². The summed E-state index contributed by atoms with van der Waals surface area (Å²) in [5.74, 6) is -0.993. The molecule has 4 N–H and O–H groups in total. The summed E-state index contributed by atoms with van der Waals surface area (Å²) in [6.45, 7) is 1.88. The molecule has 8 nitrogen and oxygen atoms in total. The number of ether oxygens (including phenoxy) is 2. The maximum Gasteiger partial charge on any atom is 0.418 e. The number of fused-ring (bicyclic) bond motifs is 2. The molecule has 0 spiro atoms. The summed E-state index contributed by atoms with van der Waals surface area (Å²) < 4.78 is 11.6. The highest BCUT2D eigenvalue weighted by molar-refractivity contribution is 6.31. The van der Waals surface area contributed by atoms with Crippen LogP contribution in [0.25, 0.3) is 0 Å². The number of hydrogen-bond donors (Lipinski definition) is 4. The van der Waals surface area contributed by atoms with Gasteiger partial charge in [-0.2, -0.15) is 0 Å². The molecule has 0 saturated carbocycles. The Bertz CT molecular complexity index is 1690. The number of rotatable bonds is 12. The van der Waals surface area contributed by atoms with Crippen LogP contribution in [0.15, 0.2) is 84.9 Å². The fourth-order valence-corrected chi connectivity index (χ4v) is 7.44. The summed E-state index contributed by atoms with van der Waals surface area (Å²) in [5, 5.41) is 27.7. The molecular formula is C40H42Cl2N2O6. The first-order valence-electron chi connectivity index (χ1n) is 17.2. The van der Waals surface area contributed by atoms with Gasteiger partial charge in [-0.25, -0.2) is 9.59 Å². The van der Waals surface area contributed by atoms with Crippen molar-refractivity contribution < 1.29 is 29.3 Å². The van der Waals surface area contributed by atoms with Gasteiger partial charge in [-0.15, -0.1) is 0 Å². The predicted octanol–water partition coefficient (Wildman–Crippen LogP) is 7.06. The lowest BCUT2D eigenvalue weighted by Crippen LogP contribution is -2.35. The van der Waals surface area contributed by atoms with Crippen molar-refractivity contribution in [1.29, 1.82) is 0 Å². The normalized spacial score (nSPS) is 18.0. The zero-order chi connectivity index (χ0) is 35.0. The minimum atomic E-state index is -1.10. The Labute approximate surface area is 302 Å². The second-order valence-electron chi connectivity index (χ2n) is 13.3. The zero-order valence-corrected chi connectivity index (χ0v) is 29.3. The smallest absolute Gasteiger partial charge is 0.418 e. The molecule has 2 aliphatic rings. The molecule has 10 heteroatoms. The average Bonchev–Trinajstić information content (AvgIpc) is 3.10. The van der Waals surface area contributed by atoms with Gasteiger partial charge in [0.1, 0.15) is 23.7 Å². The van der Waals surface area contributed by atoms with E-state index in [4.69, 9.17) is 32.7 Å². The van der Waals surface area contributed by atoms with E-state index in [9.17, 15) is 19.8 Å². The van der Waals surface area contributed by atoms with Crippen molar-refractivity contribution in [2.24, 2.45) is 11.8 Å². The van der Waals surface area contributed by atoms with Crippen LogP contribution in [-0.2, 0) is 44.7 Å². The third-order valence-corrected chi connectivity index (χ3v) is 10.1. The number of esters is 2. The van der Waals surface area contributed by atoms with Crippen molar-refractivity contribution in [3.05, 3.63) is 128 Å². The van der Waals surface area contributed by atoms with E-state index in [0.29, 0.717) is 46.1 Å². The van der Waals surface area contributed by atoms with E-state index in [-0.39, 0.29) is 24.6 Å². The Kier molecular flexibility index (Phi) is 12.0. The van der Waals surface area contributed by atoms with Gasteiger partial charge in [0.05, 0.1) is 0 Å². The molecule has 0 aliphatic heterocycles. The maximum atomic E-state index is 13.3. The number of aryl methyl sites for hydroxylation is 2. The minimum Gasteiger partial charge on any atom is -0.508 e. The van der Waals surface area contributed by atoms with Crippen LogP contribution in [0.5, 0.6) is 11.5 Å². The van der Waals surface area contributed by atoms with E-state index < -0.39 is 24.1 Å². The number of carbonyl (C=O) groups excluding carboxylic acids is 2. The molecule has 0 aromatic heterocycles. The lowest BCUT2D eigenvalue weighted by molar-refractivity contribution is -0.174. The number of aromatic hydroxyl groups is 2. The maximum absolute atomic E-state index is 13.3. The molecular weight excluding hydrogens is 675 g/mol. The molecule has 0 fully saturated rings. The summed E-state index contributed by atoms with van der Waals surface area (Å²) >= 11 is 12.6. The fraction of sp³-hybridized carbons (Fsp3) is 0.350. The molecule has 4 unspecified atom stereocenters. The van der Waals surface area contributed by atoms with Crippen molar-refractivity contribution >= 4 is 35.1 Å². The van der Waals surface area contributed by atoms with Crippen molar-refractivity contribution in [2.75, 3.05) is 26.2 Å². The number of phenolic OH excluding ortho intramolecular Hbond substituents is 2. The fourth-order valence-electron chi connectivity index (χ4n) is 7.05. The van der Waals surface area contributed by atoms with E-state index in [1.54, 1.807) is 60.7 Å². The lowest BCUT2D eigenvalue weighted by Gasteiger charge is -2.27. The van der Waals surface area contributed by atoms with Crippen LogP contribution in [-0.4, -0.2) is 48.3 Å². The van der Waals surface area contributed by atoms with E-state index in [1.165, 1.54) is 11.1 Å². The second kappa shape index (κ2) is 16.8. The summed E-state index contributed by atoms with van der Waals surface area (Å²) in [6.07, 6.45) is 3.95. The minimum absolute atomic E-state index is 0.267. The quantitative estimate of drug-likeness (QED) is 0.0910. The molecule has 0 saturated heterocycles. The number of halogens is 2. The Hall–Kier alpha value is -4.08. The standard InChI is InChI=1S/C40H42Cl2N2O6/c41-33-5-1-3-29(17-33)37(23-43-21-25-7-9-27-11-13-35(45)19-31(27)15-25)49-39(47)40(48)50-38(30-4-2-6-34(42)18-30)24-44-22-26-8-10-28-12-14-36(46)20-32(28)16-26/h1-6,11-14,17-20,25-26,37-38,43-46H,7-10,15-16,21-24H2. The highest BCUT2D eigenvalue weighted by Crippen LogP contribution is 2.30. The number of nitrogens with one attached hydrogen (secondary N) is 2. The van der Waals surface area contributed by atoms with Gasteiger partial charge < -0.3 is 30.3 Å². The highest BCUT2D eigenvalue weighted by Gasteiger charge is 2.29. The Morgan fingerprint density at radius 2 is 1.08 bits per heavy atom. The average molecular weight is 718 g/mol. The van der Waals surface area contributed by atoms with Gasteiger partial charge >= 0.3 is 11.9 Å². The first-order chi connectivity index (χ1) is 24.2. The topological polar surface area (TPSA) is 117 Å². The van der Waals surface area contributed by atoms with Crippen LogP contribution in [0.4, 0.5) is 0 Å². The van der Waals surface area contributed by atoms with E-state index >= 15 is 0 Å². The molecule has 4 aromatic rings.